The second kappa shape index (κ2) is 9.86. The lowest BCUT2D eigenvalue weighted by atomic mass is 10.1. The smallest absolute Gasteiger partial charge is 0.319 e. The minimum atomic E-state index is -0.224. The van der Waals surface area contributed by atoms with Crippen molar-refractivity contribution in [2.75, 3.05) is 36.5 Å². The van der Waals surface area contributed by atoms with Crippen molar-refractivity contribution >= 4 is 17.4 Å². The Balaban J connectivity index is 1.81. The summed E-state index contributed by atoms with van der Waals surface area (Å²) in [6.45, 7) is 13.2. The Bertz CT molecular complexity index is 750. The molecule has 5 nitrogen and oxygen atoms in total. The summed E-state index contributed by atoms with van der Waals surface area (Å²) in [5.74, 6) is 0.831. The number of aryl methyl sites for hydroxylation is 3. The molecule has 0 fully saturated rings. The third-order valence-electron chi connectivity index (χ3n) is 4.44. The molecule has 0 saturated heterocycles. The molecule has 0 aliphatic heterocycles. The molecule has 5 heteroatoms. The quantitative estimate of drug-likeness (QED) is 0.666. The van der Waals surface area contributed by atoms with Crippen LogP contribution in [0.25, 0.3) is 0 Å². The zero-order chi connectivity index (χ0) is 19.8. The number of hydrogen-bond donors (Lipinski definition) is 2. The number of ether oxygens (including phenoxy) is 1. The van der Waals surface area contributed by atoms with Crippen molar-refractivity contribution in [3.05, 3.63) is 53.1 Å². The minimum Gasteiger partial charge on any atom is -0.492 e. The van der Waals surface area contributed by atoms with Crippen LogP contribution in [0.15, 0.2) is 36.4 Å². The first kappa shape index (κ1) is 20.6. The van der Waals surface area contributed by atoms with Crippen LogP contribution in [0.2, 0.25) is 0 Å². The minimum absolute atomic E-state index is 0.224. The van der Waals surface area contributed by atoms with Crippen LogP contribution >= 0.6 is 0 Å². The Labute approximate surface area is 162 Å². The van der Waals surface area contributed by atoms with Crippen molar-refractivity contribution in [3.8, 4) is 5.75 Å². The molecule has 0 aliphatic carbocycles. The third-order valence-corrected chi connectivity index (χ3v) is 4.44. The van der Waals surface area contributed by atoms with E-state index in [4.69, 9.17) is 4.74 Å². The molecule has 0 aromatic heterocycles. The Hall–Kier alpha value is -2.69. The highest BCUT2D eigenvalue weighted by atomic mass is 16.5. The van der Waals surface area contributed by atoms with Crippen molar-refractivity contribution in [1.82, 2.24) is 5.32 Å². The molecular weight excluding hydrogens is 338 g/mol. The number of nitrogens with one attached hydrogen (secondary N) is 2. The summed E-state index contributed by atoms with van der Waals surface area (Å²) < 4.78 is 5.71. The number of hydrogen-bond acceptors (Lipinski definition) is 3. The van der Waals surface area contributed by atoms with Gasteiger partial charge in [-0.2, -0.15) is 0 Å². The molecule has 27 heavy (non-hydrogen) atoms. The normalized spacial score (nSPS) is 10.4. The van der Waals surface area contributed by atoms with E-state index in [0.29, 0.717) is 13.2 Å². The van der Waals surface area contributed by atoms with Crippen molar-refractivity contribution in [2.45, 2.75) is 34.6 Å². The summed E-state index contributed by atoms with van der Waals surface area (Å²) in [5.41, 5.74) is 5.36. The predicted octanol–water partition coefficient (Wildman–Crippen LogP) is 4.66. The van der Waals surface area contributed by atoms with Gasteiger partial charge in [-0.15, -0.1) is 0 Å². The van der Waals surface area contributed by atoms with E-state index >= 15 is 0 Å². The SMILES string of the molecule is CCN(CC)c1ccc(NC(=O)NCCOc2cc(C)cc(C)c2)c(C)c1. The summed E-state index contributed by atoms with van der Waals surface area (Å²) in [6, 6.07) is 12.0. The van der Waals surface area contributed by atoms with E-state index in [-0.39, 0.29) is 6.03 Å². The summed E-state index contributed by atoms with van der Waals surface area (Å²) in [6.07, 6.45) is 0. The van der Waals surface area contributed by atoms with Crippen molar-refractivity contribution in [2.24, 2.45) is 0 Å². The molecule has 2 aromatic carbocycles. The number of nitrogens with zero attached hydrogens (tertiary/aromatic N) is 1. The van der Waals surface area contributed by atoms with Crippen molar-refractivity contribution < 1.29 is 9.53 Å². The average molecular weight is 370 g/mol. The Morgan fingerprint density at radius 3 is 2.26 bits per heavy atom. The second-order valence-electron chi connectivity index (χ2n) is 6.72. The topological polar surface area (TPSA) is 53.6 Å². The molecule has 0 saturated carbocycles. The van der Waals surface area contributed by atoms with Gasteiger partial charge in [-0.25, -0.2) is 4.79 Å². The number of urea groups is 1. The van der Waals surface area contributed by atoms with Gasteiger partial charge in [0.25, 0.3) is 0 Å². The van der Waals surface area contributed by atoms with Gasteiger partial charge in [0.2, 0.25) is 0 Å². The van der Waals surface area contributed by atoms with E-state index in [1.54, 1.807) is 0 Å². The fourth-order valence-corrected chi connectivity index (χ4v) is 3.09. The number of benzene rings is 2. The number of rotatable bonds is 8. The fraction of sp³-hybridized carbons (Fsp3) is 0.409. The highest BCUT2D eigenvalue weighted by Gasteiger charge is 2.07. The van der Waals surface area contributed by atoms with Gasteiger partial charge in [0.15, 0.2) is 0 Å². The largest absolute Gasteiger partial charge is 0.492 e. The molecule has 146 valence electrons. The van der Waals surface area contributed by atoms with E-state index in [0.717, 1.165) is 30.1 Å². The van der Waals surface area contributed by atoms with Crippen LogP contribution in [0.5, 0.6) is 5.75 Å². The standard InChI is InChI=1S/C22H31N3O2/c1-6-25(7-2)19-8-9-21(18(5)15-19)24-22(26)23-10-11-27-20-13-16(3)12-17(4)14-20/h8-9,12-15H,6-7,10-11H2,1-5H3,(H2,23,24,26). The van der Waals surface area contributed by atoms with Crippen LogP contribution in [0, 0.1) is 20.8 Å². The maximum atomic E-state index is 12.1. The molecule has 0 aliphatic rings. The number of carbonyl (C=O) groups excluding carboxylic acids is 1. The molecule has 2 amide bonds. The summed E-state index contributed by atoms with van der Waals surface area (Å²) in [4.78, 5) is 14.4. The van der Waals surface area contributed by atoms with Crippen LogP contribution in [-0.2, 0) is 0 Å². The number of anilines is 2. The van der Waals surface area contributed by atoms with Gasteiger partial charge >= 0.3 is 6.03 Å². The highest BCUT2D eigenvalue weighted by Crippen LogP contribution is 2.22. The maximum absolute atomic E-state index is 12.1. The molecule has 0 spiro atoms. The monoisotopic (exact) mass is 369 g/mol. The van der Waals surface area contributed by atoms with Gasteiger partial charge < -0.3 is 20.3 Å². The number of carbonyl (C=O) groups is 1. The van der Waals surface area contributed by atoms with E-state index in [1.165, 1.54) is 16.8 Å². The Morgan fingerprint density at radius 2 is 1.67 bits per heavy atom. The van der Waals surface area contributed by atoms with Crippen LogP contribution in [0.4, 0.5) is 16.2 Å². The lowest BCUT2D eigenvalue weighted by molar-refractivity contribution is 0.247. The zero-order valence-electron chi connectivity index (χ0n) is 17.1. The third kappa shape index (κ3) is 6.20. The van der Waals surface area contributed by atoms with E-state index in [1.807, 2.05) is 45.0 Å². The average Bonchev–Trinajstić information content (AvgIpc) is 2.61. The fourth-order valence-electron chi connectivity index (χ4n) is 3.09. The lowest BCUT2D eigenvalue weighted by Crippen LogP contribution is -2.32. The van der Waals surface area contributed by atoms with Crippen molar-refractivity contribution in [3.63, 3.8) is 0 Å². The first-order chi connectivity index (χ1) is 12.9. The molecule has 2 rings (SSSR count). The molecule has 0 radical (unpaired) electrons. The molecule has 0 atom stereocenters. The lowest BCUT2D eigenvalue weighted by Gasteiger charge is -2.22. The highest BCUT2D eigenvalue weighted by molar-refractivity contribution is 5.90. The molecule has 2 N–H and O–H groups in total. The second-order valence-corrected chi connectivity index (χ2v) is 6.72. The molecule has 0 bridgehead atoms. The molecular formula is C22H31N3O2. The summed E-state index contributed by atoms with van der Waals surface area (Å²) in [5, 5.41) is 5.74. The van der Waals surface area contributed by atoms with E-state index in [9.17, 15) is 4.79 Å². The van der Waals surface area contributed by atoms with Crippen molar-refractivity contribution in [1.29, 1.82) is 0 Å². The van der Waals surface area contributed by atoms with Gasteiger partial charge in [-0.3, -0.25) is 0 Å². The summed E-state index contributed by atoms with van der Waals surface area (Å²) in [7, 11) is 0. The first-order valence-electron chi connectivity index (χ1n) is 9.54. The van der Waals surface area contributed by atoms with Crippen LogP contribution < -0.4 is 20.3 Å². The predicted molar refractivity (Wildman–Crippen MR) is 113 cm³/mol. The Morgan fingerprint density at radius 1 is 1.00 bits per heavy atom. The first-order valence-corrected chi connectivity index (χ1v) is 9.54. The van der Waals surface area contributed by atoms with E-state index in [2.05, 4.69) is 41.5 Å². The maximum Gasteiger partial charge on any atom is 0.319 e. The molecule has 0 unspecified atom stereocenters. The van der Waals surface area contributed by atoms with Crippen LogP contribution in [0.1, 0.15) is 30.5 Å². The number of amides is 2. The molecule has 2 aromatic rings. The van der Waals surface area contributed by atoms with Gasteiger partial charge in [0, 0.05) is 24.5 Å². The van der Waals surface area contributed by atoms with Gasteiger partial charge in [0.1, 0.15) is 12.4 Å². The van der Waals surface area contributed by atoms with Crippen LogP contribution in [0.3, 0.4) is 0 Å². The van der Waals surface area contributed by atoms with E-state index < -0.39 is 0 Å². The zero-order valence-corrected chi connectivity index (χ0v) is 17.1. The van der Waals surface area contributed by atoms with Gasteiger partial charge in [-0.05, 0) is 81.6 Å². The summed E-state index contributed by atoms with van der Waals surface area (Å²) >= 11 is 0. The Kier molecular flexibility index (Phi) is 7.53. The molecule has 0 heterocycles. The van der Waals surface area contributed by atoms with Gasteiger partial charge in [-0.1, -0.05) is 6.07 Å². The van der Waals surface area contributed by atoms with Gasteiger partial charge in [0.05, 0.1) is 6.54 Å². The van der Waals surface area contributed by atoms with Crippen LogP contribution in [-0.4, -0.2) is 32.3 Å².